The van der Waals surface area contributed by atoms with Gasteiger partial charge in [-0.25, -0.2) is 0 Å². The van der Waals surface area contributed by atoms with E-state index in [9.17, 15) is 4.79 Å². The zero-order valence-corrected chi connectivity index (χ0v) is 9.12. The number of ether oxygens (including phenoxy) is 1. The number of hydrogen-bond donors (Lipinski definition) is 1. The minimum atomic E-state index is 0.119. The summed E-state index contributed by atoms with van der Waals surface area (Å²) in [5.74, 6) is 0.119. The van der Waals surface area contributed by atoms with E-state index in [1.165, 1.54) is 0 Å². The van der Waals surface area contributed by atoms with Crippen molar-refractivity contribution in [2.24, 2.45) is 0 Å². The summed E-state index contributed by atoms with van der Waals surface area (Å²) in [5, 5.41) is 1.02. The molecule has 1 aromatic heterocycles. The molecule has 3 nitrogen and oxygen atoms in total. The predicted molar refractivity (Wildman–Crippen MR) is 61.7 cm³/mol. The van der Waals surface area contributed by atoms with Crippen molar-refractivity contribution in [3.8, 4) is 0 Å². The molecule has 1 aliphatic rings. The van der Waals surface area contributed by atoms with Crippen LogP contribution in [0, 0.1) is 0 Å². The number of epoxide rings is 1. The average molecular weight is 215 g/mol. The Morgan fingerprint density at radius 3 is 2.94 bits per heavy atom. The zero-order valence-electron chi connectivity index (χ0n) is 9.12. The minimum absolute atomic E-state index is 0.119. The molecule has 0 saturated carbocycles. The van der Waals surface area contributed by atoms with Crippen LogP contribution in [0.4, 0.5) is 0 Å². The molecule has 1 unspecified atom stereocenters. The van der Waals surface area contributed by atoms with Crippen LogP contribution in [0.5, 0.6) is 0 Å². The molecule has 1 aliphatic heterocycles. The molecule has 1 saturated heterocycles. The third-order valence-electron chi connectivity index (χ3n) is 2.97. The van der Waals surface area contributed by atoms with Crippen LogP contribution in [0.25, 0.3) is 10.9 Å². The molecule has 3 heteroatoms. The van der Waals surface area contributed by atoms with E-state index in [0.717, 1.165) is 35.2 Å². The number of fused-ring (bicyclic) bond motifs is 1. The van der Waals surface area contributed by atoms with E-state index in [-0.39, 0.29) is 5.78 Å². The van der Waals surface area contributed by atoms with E-state index in [1.54, 1.807) is 6.92 Å². The van der Waals surface area contributed by atoms with Gasteiger partial charge in [0.15, 0.2) is 5.78 Å². The largest absolute Gasteiger partial charge is 0.373 e. The van der Waals surface area contributed by atoms with Crippen molar-refractivity contribution in [3.63, 3.8) is 0 Å². The summed E-state index contributed by atoms with van der Waals surface area (Å²) in [6.07, 6.45) is 1.11. The van der Waals surface area contributed by atoms with Crippen LogP contribution in [0.1, 0.15) is 23.0 Å². The monoisotopic (exact) mass is 215 g/mol. The van der Waals surface area contributed by atoms with E-state index in [2.05, 4.69) is 4.98 Å². The van der Waals surface area contributed by atoms with Crippen LogP contribution in [-0.2, 0) is 11.2 Å². The Hall–Kier alpha value is -1.61. The fourth-order valence-electron chi connectivity index (χ4n) is 2.17. The Balaban J connectivity index is 2.17. The van der Waals surface area contributed by atoms with Gasteiger partial charge in [0, 0.05) is 28.6 Å². The van der Waals surface area contributed by atoms with Gasteiger partial charge < -0.3 is 9.72 Å². The molecular formula is C13H13NO2. The summed E-state index contributed by atoms with van der Waals surface area (Å²) >= 11 is 0. The molecule has 1 N–H and O–H groups in total. The number of ketones is 1. The maximum Gasteiger partial charge on any atom is 0.162 e. The van der Waals surface area contributed by atoms with Crippen LogP contribution in [0.15, 0.2) is 24.3 Å². The first kappa shape index (κ1) is 9.60. The number of benzene rings is 1. The van der Waals surface area contributed by atoms with E-state index in [1.807, 2.05) is 24.3 Å². The molecule has 0 aliphatic carbocycles. The van der Waals surface area contributed by atoms with E-state index in [0.29, 0.717) is 6.10 Å². The molecule has 0 spiro atoms. The fourth-order valence-corrected chi connectivity index (χ4v) is 2.17. The quantitative estimate of drug-likeness (QED) is 0.630. The molecule has 0 bridgehead atoms. The van der Waals surface area contributed by atoms with E-state index < -0.39 is 0 Å². The lowest BCUT2D eigenvalue weighted by molar-refractivity contribution is 0.101. The number of nitrogens with one attached hydrogen (secondary N) is 1. The standard InChI is InChI=1S/C13H13NO2/c1-8(15)13-10-4-2-3-5-11(10)14-12(13)6-9-7-16-9/h2-5,9,14H,6-7H2,1H3. The van der Waals surface area contributed by atoms with Crippen LogP contribution in [-0.4, -0.2) is 23.5 Å². The summed E-state index contributed by atoms with van der Waals surface area (Å²) in [6, 6.07) is 7.92. The Bertz CT molecular complexity index is 552. The maximum atomic E-state index is 11.7. The minimum Gasteiger partial charge on any atom is -0.373 e. The van der Waals surface area contributed by atoms with Crippen molar-refractivity contribution < 1.29 is 9.53 Å². The summed E-state index contributed by atoms with van der Waals surface area (Å²) < 4.78 is 5.21. The number of aromatic amines is 1. The predicted octanol–water partition coefficient (Wildman–Crippen LogP) is 2.31. The molecule has 1 atom stereocenters. The average Bonchev–Trinajstić information content (AvgIpc) is 2.97. The molecule has 0 radical (unpaired) electrons. The number of aromatic nitrogens is 1. The lowest BCUT2D eigenvalue weighted by Crippen LogP contribution is -2.01. The van der Waals surface area contributed by atoms with Gasteiger partial charge in [0.1, 0.15) is 0 Å². The number of rotatable bonds is 3. The van der Waals surface area contributed by atoms with Crippen molar-refractivity contribution >= 4 is 16.7 Å². The second kappa shape index (κ2) is 3.46. The molecule has 2 aromatic rings. The Kier molecular flexibility index (Phi) is 2.07. The Labute approximate surface area is 93.4 Å². The van der Waals surface area contributed by atoms with Crippen LogP contribution in [0.3, 0.4) is 0 Å². The molecule has 2 heterocycles. The highest BCUT2D eigenvalue weighted by molar-refractivity contribution is 6.08. The lowest BCUT2D eigenvalue weighted by Gasteiger charge is -1.98. The van der Waals surface area contributed by atoms with Gasteiger partial charge >= 0.3 is 0 Å². The molecule has 16 heavy (non-hydrogen) atoms. The molecule has 0 amide bonds. The van der Waals surface area contributed by atoms with Gasteiger partial charge in [-0.1, -0.05) is 18.2 Å². The van der Waals surface area contributed by atoms with Gasteiger partial charge in [0.05, 0.1) is 12.7 Å². The van der Waals surface area contributed by atoms with Gasteiger partial charge in [-0.15, -0.1) is 0 Å². The van der Waals surface area contributed by atoms with Gasteiger partial charge in [0.25, 0.3) is 0 Å². The number of carbonyl (C=O) groups is 1. The first-order chi connectivity index (χ1) is 7.75. The number of para-hydroxylation sites is 1. The topological polar surface area (TPSA) is 45.4 Å². The molecule has 1 fully saturated rings. The summed E-state index contributed by atoms with van der Waals surface area (Å²) in [6.45, 7) is 2.43. The summed E-state index contributed by atoms with van der Waals surface area (Å²) in [5.41, 5.74) is 2.87. The van der Waals surface area contributed by atoms with Crippen molar-refractivity contribution in [1.82, 2.24) is 4.98 Å². The number of hydrogen-bond acceptors (Lipinski definition) is 2. The number of Topliss-reactive ketones (excluding diaryl/α,β-unsaturated/α-hetero) is 1. The lowest BCUT2D eigenvalue weighted by atomic mass is 10.1. The van der Waals surface area contributed by atoms with Gasteiger partial charge in [-0.05, 0) is 13.0 Å². The molecule has 82 valence electrons. The third kappa shape index (κ3) is 1.53. The molecular weight excluding hydrogens is 202 g/mol. The fraction of sp³-hybridized carbons (Fsp3) is 0.308. The Morgan fingerprint density at radius 1 is 1.50 bits per heavy atom. The summed E-state index contributed by atoms with van der Waals surface area (Å²) in [7, 11) is 0. The number of H-pyrrole nitrogens is 1. The van der Waals surface area contributed by atoms with Crippen LogP contribution >= 0.6 is 0 Å². The highest BCUT2D eigenvalue weighted by Crippen LogP contribution is 2.26. The van der Waals surface area contributed by atoms with E-state index >= 15 is 0 Å². The normalized spacial score (nSPS) is 18.9. The molecule has 1 aromatic carbocycles. The zero-order chi connectivity index (χ0) is 11.1. The Morgan fingerprint density at radius 2 is 2.25 bits per heavy atom. The third-order valence-corrected chi connectivity index (χ3v) is 2.97. The van der Waals surface area contributed by atoms with Crippen LogP contribution in [0.2, 0.25) is 0 Å². The van der Waals surface area contributed by atoms with Crippen molar-refractivity contribution in [2.45, 2.75) is 19.4 Å². The first-order valence-electron chi connectivity index (χ1n) is 5.48. The van der Waals surface area contributed by atoms with Gasteiger partial charge in [-0.3, -0.25) is 4.79 Å². The van der Waals surface area contributed by atoms with Crippen molar-refractivity contribution in [2.75, 3.05) is 6.61 Å². The van der Waals surface area contributed by atoms with Crippen LogP contribution < -0.4 is 0 Å². The second-order valence-electron chi connectivity index (χ2n) is 4.24. The van der Waals surface area contributed by atoms with Crippen molar-refractivity contribution in [1.29, 1.82) is 0 Å². The van der Waals surface area contributed by atoms with Crippen molar-refractivity contribution in [3.05, 3.63) is 35.5 Å². The smallest absolute Gasteiger partial charge is 0.162 e. The van der Waals surface area contributed by atoms with Gasteiger partial charge in [-0.2, -0.15) is 0 Å². The highest BCUT2D eigenvalue weighted by atomic mass is 16.6. The van der Waals surface area contributed by atoms with Gasteiger partial charge in [0.2, 0.25) is 0 Å². The SMILES string of the molecule is CC(=O)c1c(CC2CO2)[nH]c2ccccc12. The highest BCUT2D eigenvalue weighted by Gasteiger charge is 2.26. The molecule has 3 rings (SSSR count). The number of carbonyl (C=O) groups excluding carboxylic acids is 1. The maximum absolute atomic E-state index is 11.7. The van der Waals surface area contributed by atoms with E-state index in [4.69, 9.17) is 4.74 Å². The second-order valence-corrected chi connectivity index (χ2v) is 4.24. The summed E-state index contributed by atoms with van der Waals surface area (Å²) in [4.78, 5) is 15.0. The first-order valence-corrected chi connectivity index (χ1v) is 5.48.